The number of rotatable bonds is 4. The molecule has 2 aromatic carbocycles. The number of esters is 1. The largest absolute Gasteiger partial charge is 0.507 e. The standard InChI is InChI=1S/C19H19NO6/c1-11-3-5-14(15(21)9-11)19(23)26-12(2)18(22)20-13-4-6-16-17(10-13)25-8-7-24-16/h3-6,9-10,12,21H,7-8H2,1-2H3,(H,20,22)/t12-/m1/s1. The second-order valence-corrected chi connectivity index (χ2v) is 5.92. The summed E-state index contributed by atoms with van der Waals surface area (Å²) in [5.74, 6) is -0.296. The van der Waals surface area contributed by atoms with Crippen LogP contribution in [0.3, 0.4) is 0 Å². The number of carbonyl (C=O) groups is 2. The number of aromatic hydroxyl groups is 1. The summed E-state index contributed by atoms with van der Waals surface area (Å²) < 4.78 is 16.0. The van der Waals surface area contributed by atoms with Gasteiger partial charge < -0.3 is 24.6 Å². The van der Waals surface area contributed by atoms with Crippen molar-refractivity contribution in [1.82, 2.24) is 0 Å². The van der Waals surface area contributed by atoms with Crippen molar-refractivity contribution in [3.8, 4) is 17.2 Å². The number of aryl methyl sites for hydroxylation is 1. The van der Waals surface area contributed by atoms with Crippen molar-refractivity contribution in [3.63, 3.8) is 0 Å². The van der Waals surface area contributed by atoms with Crippen LogP contribution in [0, 0.1) is 6.92 Å². The van der Waals surface area contributed by atoms with Crippen LogP contribution in [-0.4, -0.2) is 36.3 Å². The van der Waals surface area contributed by atoms with E-state index in [0.29, 0.717) is 30.4 Å². The Labute approximate surface area is 150 Å². The monoisotopic (exact) mass is 357 g/mol. The predicted octanol–water partition coefficient (Wildman–Crippen LogP) is 2.66. The van der Waals surface area contributed by atoms with Crippen LogP contribution in [0.5, 0.6) is 17.2 Å². The van der Waals surface area contributed by atoms with E-state index in [1.54, 1.807) is 31.2 Å². The van der Waals surface area contributed by atoms with Gasteiger partial charge in [0.25, 0.3) is 5.91 Å². The topological polar surface area (TPSA) is 94.1 Å². The number of carbonyl (C=O) groups excluding carboxylic acids is 2. The lowest BCUT2D eigenvalue weighted by Crippen LogP contribution is -2.30. The molecular formula is C19H19NO6. The molecule has 0 bridgehead atoms. The minimum Gasteiger partial charge on any atom is -0.507 e. The van der Waals surface area contributed by atoms with Gasteiger partial charge in [0.2, 0.25) is 0 Å². The first kappa shape index (κ1) is 17.6. The van der Waals surface area contributed by atoms with Crippen LogP contribution in [0.4, 0.5) is 5.69 Å². The number of hydrogen-bond donors (Lipinski definition) is 2. The summed E-state index contributed by atoms with van der Waals surface area (Å²) in [6.07, 6.45) is -1.04. The van der Waals surface area contributed by atoms with Crippen LogP contribution in [0.1, 0.15) is 22.8 Å². The van der Waals surface area contributed by atoms with Crippen LogP contribution >= 0.6 is 0 Å². The van der Waals surface area contributed by atoms with E-state index in [1.165, 1.54) is 19.1 Å². The summed E-state index contributed by atoms with van der Waals surface area (Å²) in [5, 5.41) is 12.5. The van der Waals surface area contributed by atoms with Gasteiger partial charge in [-0.05, 0) is 43.7 Å². The molecule has 0 saturated carbocycles. The summed E-state index contributed by atoms with van der Waals surface area (Å²) in [5.41, 5.74) is 1.32. The zero-order chi connectivity index (χ0) is 18.7. The highest BCUT2D eigenvalue weighted by molar-refractivity contribution is 5.98. The van der Waals surface area contributed by atoms with Gasteiger partial charge in [-0.2, -0.15) is 0 Å². The third kappa shape index (κ3) is 3.88. The maximum absolute atomic E-state index is 12.3. The van der Waals surface area contributed by atoms with Gasteiger partial charge in [-0.3, -0.25) is 4.79 Å². The van der Waals surface area contributed by atoms with Crippen LogP contribution in [0.15, 0.2) is 36.4 Å². The molecule has 26 heavy (non-hydrogen) atoms. The van der Waals surface area contributed by atoms with E-state index in [1.807, 2.05) is 0 Å². The van der Waals surface area contributed by atoms with Crippen LogP contribution in [-0.2, 0) is 9.53 Å². The number of hydrogen-bond acceptors (Lipinski definition) is 6. The molecule has 0 aliphatic carbocycles. The maximum Gasteiger partial charge on any atom is 0.342 e. The van der Waals surface area contributed by atoms with E-state index in [2.05, 4.69) is 5.32 Å². The smallest absolute Gasteiger partial charge is 0.342 e. The Kier molecular flexibility index (Phi) is 4.97. The third-order valence-corrected chi connectivity index (χ3v) is 3.84. The average molecular weight is 357 g/mol. The second kappa shape index (κ2) is 7.35. The van der Waals surface area contributed by atoms with Crippen molar-refractivity contribution in [3.05, 3.63) is 47.5 Å². The number of phenolic OH excluding ortho intramolecular Hbond substituents is 1. The van der Waals surface area contributed by atoms with Crippen molar-refractivity contribution in [2.75, 3.05) is 18.5 Å². The zero-order valence-electron chi connectivity index (χ0n) is 14.4. The average Bonchev–Trinajstić information content (AvgIpc) is 2.61. The Morgan fingerprint density at radius 1 is 1.12 bits per heavy atom. The highest BCUT2D eigenvalue weighted by Crippen LogP contribution is 2.32. The fourth-order valence-electron chi connectivity index (χ4n) is 2.46. The Morgan fingerprint density at radius 3 is 2.58 bits per heavy atom. The van der Waals surface area contributed by atoms with Crippen LogP contribution < -0.4 is 14.8 Å². The number of ether oxygens (including phenoxy) is 3. The summed E-state index contributed by atoms with van der Waals surface area (Å²) in [6.45, 7) is 4.17. The summed E-state index contributed by atoms with van der Waals surface area (Å²) in [4.78, 5) is 24.4. The molecule has 2 N–H and O–H groups in total. The molecule has 1 atom stereocenters. The van der Waals surface area contributed by atoms with Gasteiger partial charge in [-0.25, -0.2) is 4.79 Å². The Morgan fingerprint density at radius 2 is 1.85 bits per heavy atom. The lowest BCUT2D eigenvalue weighted by atomic mass is 10.1. The predicted molar refractivity (Wildman–Crippen MR) is 93.8 cm³/mol. The number of amides is 1. The first-order chi connectivity index (χ1) is 12.4. The molecule has 0 radical (unpaired) electrons. The Bertz CT molecular complexity index is 848. The minimum atomic E-state index is -1.04. The molecule has 136 valence electrons. The lowest BCUT2D eigenvalue weighted by Gasteiger charge is -2.19. The SMILES string of the molecule is Cc1ccc(C(=O)O[C@H](C)C(=O)Nc2ccc3c(c2)OCCO3)c(O)c1. The van der Waals surface area contributed by atoms with Gasteiger partial charge in [0.05, 0.1) is 0 Å². The molecule has 7 nitrogen and oxygen atoms in total. The molecule has 0 saturated heterocycles. The molecule has 0 fully saturated rings. The molecule has 3 rings (SSSR count). The number of benzene rings is 2. The number of fused-ring (bicyclic) bond motifs is 1. The normalized spacial score (nSPS) is 13.6. The first-order valence-corrected chi connectivity index (χ1v) is 8.15. The van der Waals surface area contributed by atoms with Gasteiger partial charge in [0, 0.05) is 11.8 Å². The highest BCUT2D eigenvalue weighted by atomic mass is 16.6. The number of nitrogens with one attached hydrogen (secondary N) is 1. The fourth-order valence-corrected chi connectivity index (χ4v) is 2.46. The van der Waals surface area contributed by atoms with Gasteiger partial charge >= 0.3 is 5.97 Å². The van der Waals surface area contributed by atoms with Gasteiger partial charge in [0.1, 0.15) is 24.5 Å². The van der Waals surface area contributed by atoms with E-state index in [0.717, 1.165) is 5.56 Å². The van der Waals surface area contributed by atoms with E-state index < -0.39 is 18.0 Å². The van der Waals surface area contributed by atoms with Crippen molar-refractivity contribution in [2.24, 2.45) is 0 Å². The number of phenols is 1. The van der Waals surface area contributed by atoms with Crippen LogP contribution in [0.2, 0.25) is 0 Å². The second-order valence-electron chi connectivity index (χ2n) is 5.92. The Balaban J connectivity index is 1.63. The van der Waals surface area contributed by atoms with E-state index in [4.69, 9.17) is 14.2 Å². The first-order valence-electron chi connectivity index (χ1n) is 8.15. The molecule has 0 aromatic heterocycles. The van der Waals surface area contributed by atoms with Gasteiger partial charge in [-0.1, -0.05) is 6.07 Å². The zero-order valence-corrected chi connectivity index (χ0v) is 14.4. The van der Waals surface area contributed by atoms with Gasteiger partial charge in [-0.15, -0.1) is 0 Å². The molecule has 0 unspecified atom stereocenters. The quantitative estimate of drug-likeness (QED) is 0.817. The van der Waals surface area contributed by atoms with E-state index in [-0.39, 0.29) is 11.3 Å². The molecule has 1 amide bonds. The molecule has 1 aliphatic heterocycles. The van der Waals surface area contributed by atoms with Crippen molar-refractivity contribution in [2.45, 2.75) is 20.0 Å². The van der Waals surface area contributed by atoms with E-state index in [9.17, 15) is 14.7 Å². The van der Waals surface area contributed by atoms with E-state index >= 15 is 0 Å². The summed E-state index contributed by atoms with van der Waals surface area (Å²) in [6, 6.07) is 9.61. The molecule has 1 aliphatic rings. The lowest BCUT2D eigenvalue weighted by molar-refractivity contribution is -0.123. The van der Waals surface area contributed by atoms with Crippen LogP contribution in [0.25, 0.3) is 0 Å². The molecular weight excluding hydrogens is 338 g/mol. The molecule has 0 spiro atoms. The molecule has 7 heteroatoms. The summed E-state index contributed by atoms with van der Waals surface area (Å²) in [7, 11) is 0. The van der Waals surface area contributed by atoms with Gasteiger partial charge in [0.15, 0.2) is 17.6 Å². The maximum atomic E-state index is 12.3. The highest BCUT2D eigenvalue weighted by Gasteiger charge is 2.22. The van der Waals surface area contributed by atoms with Crippen molar-refractivity contribution in [1.29, 1.82) is 0 Å². The van der Waals surface area contributed by atoms with Crippen molar-refractivity contribution >= 4 is 17.6 Å². The minimum absolute atomic E-state index is 0.00887. The molecule has 1 heterocycles. The fraction of sp³-hybridized carbons (Fsp3) is 0.263. The molecule has 2 aromatic rings. The Hall–Kier alpha value is -3.22. The number of anilines is 1. The third-order valence-electron chi connectivity index (χ3n) is 3.84. The van der Waals surface area contributed by atoms with Crippen molar-refractivity contribution < 1.29 is 28.9 Å². The summed E-state index contributed by atoms with van der Waals surface area (Å²) >= 11 is 0.